The number of carbonyl (C=O) groups excluding carboxylic acids is 2. The Bertz CT molecular complexity index is 899. The van der Waals surface area contributed by atoms with Crippen molar-refractivity contribution in [2.45, 2.75) is 66.2 Å². The fraction of sp³-hybridized carbons (Fsp3) is 0.500. The van der Waals surface area contributed by atoms with E-state index in [4.69, 9.17) is 32.7 Å². The van der Waals surface area contributed by atoms with Crippen molar-refractivity contribution < 1.29 is 19.1 Å². The Morgan fingerprint density at radius 3 is 1.25 bits per heavy atom. The molecule has 0 heterocycles. The molecule has 2 N–H and O–H groups in total. The van der Waals surface area contributed by atoms with Crippen LogP contribution in [0.15, 0.2) is 24.3 Å². The van der Waals surface area contributed by atoms with Crippen LogP contribution in [0.1, 0.15) is 60.8 Å². The maximum absolute atomic E-state index is 12.0. The van der Waals surface area contributed by atoms with E-state index in [9.17, 15) is 9.59 Å². The Balaban J connectivity index is 1.44. The summed E-state index contributed by atoms with van der Waals surface area (Å²) < 4.78 is 11.1. The molecule has 2 aromatic rings. The topological polar surface area (TPSA) is 76.7 Å². The zero-order valence-corrected chi connectivity index (χ0v) is 23.3. The van der Waals surface area contributed by atoms with E-state index >= 15 is 0 Å². The first-order valence-corrected chi connectivity index (χ1v) is 13.3. The SMILES string of the molecule is Cc1cc(OCC(=O)NCCCCCCCCNC(=O)COc2cc(C)c(Cl)c(C)c2)cc(C)c1Cl. The molecule has 2 amide bonds. The van der Waals surface area contributed by atoms with Gasteiger partial charge in [0.15, 0.2) is 13.2 Å². The van der Waals surface area contributed by atoms with E-state index in [-0.39, 0.29) is 25.0 Å². The summed E-state index contributed by atoms with van der Waals surface area (Å²) in [5.74, 6) is 1.06. The summed E-state index contributed by atoms with van der Waals surface area (Å²) in [6.07, 6.45) is 6.17. The van der Waals surface area contributed by atoms with E-state index in [1.807, 2.05) is 52.0 Å². The second-order valence-corrected chi connectivity index (χ2v) is 9.90. The highest BCUT2D eigenvalue weighted by atomic mass is 35.5. The van der Waals surface area contributed by atoms with Crippen LogP contribution in [-0.2, 0) is 9.59 Å². The van der Waals surface area contributed by atoms with Crippen molar-refractivity contribution in [1.82, 2.24) is 10.6 Å². The molecule has 0 aliphatic carbocycles. The van der Waals surface area contributed by atoms with E-state index in [0.29, 0.717) is 24.6 Å². The fourth-order valence-corrected chi connectivity index (χ4v) is 4.01. The van der Waals surface area contributed by atoms with Crippen molar-refractivity contribution in [2.75, 3.05) is 26.3 Å². The molecule has 0 spiro atoms. The van der Waals surface area contributed by atoms with E-state index < -0.39 is 0 Å². The smallest absolute Gasteiger partial charge is 0.257 e. The van der Waals surface area contributed by atoms with Gasteiger partial charge < -0.3 is 20.1 Å². The van der Waals surface area contributed by atoms with Crippen LogP contribution >= 0.6 is 23.2 Å². The molecule has 2 aromatic carbocycles. The predicted octanol–water partition coefficient (Wildman–Crippen LogP) is 6.26. The standard InChI is InChI=1S/C28H38Cl2N2O4/c1-19-13-23(14-20(2)27(19)29)35-17-25(33)31-11-9-7-5-6-8-10-12-32-26(34)18-36-24-15-21(3)28(30)22(4)16-24/h13-16H,5-12,17-18H2,1-4H3,(H,31,33)(H,32,34). The quantitative estimate of drug-likeness (QED) is 0.263. The van der Waals surface area contributed by atoms with Gasteiger partial charge in [0.05, 0.1) is 0 Å². The second kappa shape index (κ2) is 15.6. The van der Waals surface area contributed by atoms with Crippen molar-refractivity contribution in [3.8, 4) is 11.5 Å². The average molecular weight is 538 g/mol. The number of hydrogen-bond donors (Lipinski definition) is 2. The third-order valence-electron chi connectivity index (χ3n) is 5.81. The number of amides is 2. The molecule has 0 saturated carbocycles. The molecule has 36 heavy (non-hydrogen) atoms. The second-order valence-electron chi connectivity index (χ2n) is 9.14. The molecule has 0 aliphatic heterocycles. The van der Waals surface area contributed by atoms with Gasteiger partial charge in [-0.3, -0.25) is 9.59 Å². The minimum atomic E-state index is -0.124. The first-order chi connectivity index (χ1) is 17.2. The van der Waals surface area contributed by atoms with Crippen LogP contribution in [0.2, 0.25) is 10.0 Å². The summed E-state index contributed by atoms with van der Waals surface area (Å²) in [5.41, 5.74) is 3.73. The molecule has 0 saturated heterocycles. The van der Waals surface area contributed by atoms with Crippen LogP contribution in [0, 0.1) is 27.7 Å². The lowest BCUT2D eigenvalue weighted by molar-refractivity contribution is -0.123. The first-order valence-electron chi connectivity index (χ1n) is 12.5. The Morgan fingerprint density at radius 1 is 0.611 bits per heavy atom. The van der Waals surface area contributed by atoms with E-state index in [2.05, 4.69) is 10.6 Å². The maximum atomic E-state index is 12.0. The summed E-state index contributed by atoms with van der Waals surface area (Å²) in [6.45, 7) is 8.94. The van der Waals surface area contributed by atoms with Gasteiger partial charge in [0, 0.05) is 23.1 Å². The highest BCUT2D eigenvalue weighted by Crippen LogP contribution is 2.26. The Morgan fingerprint density at radius 2 is 0.917 bits per heavy atom. The zero-order valence-electron chi connectivity index (χ0n) is 21.8. The lowest BCUT2D eigenvalue weighted by Gasteiger charge is -2.10. The van der Waals surface area contributed by atoms with Gasteiger partial charge in [-0.15, -0.1) is 0 Å². The molecule has 0 atom stereocenters. The van der Waals surface area contributed by atoms with Gasteiger partial charge in [0.25, 0.3) is 11.8 Å². The van der Waals surface area contributed by atoms with Crippen LogP contribution in [0.3, 0.4) is 0 Å². The van der Waals surface area contributed by atoms with Gasteiger partial charge in [-0.1, -0.05) is 48.9 Å². The zero-order chi connectivity index (χ0) is 26.5. The number of nitrogens with one attached hydrogen (secondary N) is 2. The molecule has 198 valence electrons. The third-order valence-corrected chi connectivity index (χ3v) is 7.00. The summed E-state index contributed by atoms with van der Waals surface area (Å²) in [5, 5.41) is 7.23. The van der Waals surface area contributed by atoms with Crippen molar-refractivity contribution in [2.24, 2.45) is 0 Å². The number of rotatable bonds is 15. The first kappa shape index (κ1) is 29.8. The minimum Gasteiger partial charge on any atom is -0.484 e. The van der Waals surface area contributed by atoms with Crippen molar-refractivity contribution in [3.05, 3.63) is 56.6 Å². The number of halogens is 2. The van der Waals surface area contributed by atoms with Crippen LogP contribution in [0.4, 0.5) is 0 Å². The maximum Gasteiger partial charge on any atom is 0.257 e. The largest absolute Gasteiger partial charge is 0.484 e. The number of aryl methyl sites for hydroxylation is 4. The lowest BCUT2D eigenvalue weighted by Crippen LogP contribution is -2.29. The molecular weight excluding hydrogens is 499 g/mol. The molecule has 0 aromatic heterocycles. The number of hydrogen-bond acceptors (Lipinski definition) is 4. The Labute approximate surface area is 225 Å². The third kappa shape index (κ3) is 10.7. The van der Waals surface area contributed by atoms with Crippen molar-refractivity contribution in [3.63, 3.8) is 0 Å². The molecule has 0 unspecified atom stereocenters. The molecule has 2 rings (SSSR count). The summed E-state index contributed by atoms with van der Waals surface area (Å²) >= 11 is 12.3. The molecule has 0 bridgehead atoms. The van der Waals surface area contributed by atoms with Crippen LogP contribution in [0.5, 0.6) is 11.5 Å². The molecule has 0 radical (unpaired) electrons. The average Bonchev–Trinajstić information content (AvgIpc) is 2.84. The van der Waals surface area contributed by atoms with Gasteiger partial charge in [0.2, 0.25) is 0 Å². The van der Waals surface area contributed by atoms with E-state index in [1.165, 1.54) is 0 Å². The van der Waals surface area contributed by atoms with E-state index in [0.717, 1.165) is 70.8 Å². The monoisotopic (exact) mass is 536 g/mol. The number of ether oxygens (including phenoxy) is 2. The fourth-order valence-electron chi connectivity index (χ4n) is 3.79. The molecule has 8 heteroatoms. The van der Waals surface area contributed by atoms with E-state index in [1.54, 1.807) is 0 Å². The van der Waals surface area contributed by atoms with Crippen LogP contribution < -0.4 is 20.1 Å². The van der Waals surface area contributed by atoms with Gasteiger partial charge in [-0.05, 0) is 87.1 Å². The van der Waals surface area contributed by atoms with Crippen molar-refractivity contribution in [1.29, 1.82) is 0 Å². The molecule has 0 aliphatic rings. The van der Waals surface area contributed by atoms with Gasteiger partial charge >= 0.3 is 0 Å². The number of unbranched alkanes of at least 4 members (excludes halogenated alkanes) is 5. The van der Waals surface area contributed by atoms with Crippen LogP contribution in [0.25, 0.3) is 0 Å². The Hall–Kier alpha value is -2.44. The molecular formula is C28H38Cl2N2O4. The number of carbonyl (C=O) groups is 2. The molecule has 6 nitrogen and oxygen atoms in total. The summed E-state index contributed by atoms with van der Waals surface area (Å²) in [4.78, 5) is 23.9. The van der Waals surface area contributed by atoms with Crippen LogP contribution in [-0.4, -0.2) is 38.1 Å². The number of benzene rings is 2. The normalized spacial score (nSPS) is 10.7. The molecule has 0 fully saturated rings. The minimum absolute atomic E-state index is 0.00372. The predicted molar refractivity (Wildman–Crippen MR) is 147 cm³/mol. The summed E-state index contributed by atoms with van der Waals surface area (Å²) in [6, 6.07) is 7.35. The lowest BCUT2D eigenvalue weighted by atomic mass is 10.1. The van der Waals surface area contributed by atoms with Gasteiger partial charge in [0.1, 0.15) is 11.5 Å². The highest BCUT2D eigenvalue weighted by molar-refractivity contribution is 6.32. The van der Waals surface area contributed by atoms with Gasteiger partial charge in [-0.2, -0.15) is 0 Å². The van der Waals surface area contributed by atoms with Gasteiger partial charge in [-0.25, -0.2) is 0 Å². The Kier molecular flexibility index (Phi) is 12.9. The van der Waals surface area contributed by atoms with Crippen molar-refractivity contribution >= 4 is 35.0 Å². The highest BCUT2D eigenvalue weighted by Gasteiger charge is 2.08. The summed E-state index contributed by atoms with van der Waals surface area (Å²) in [7, 11) is 0.